The molecule has 0 fully saturated rings. The van der Waals surface area contributed by atoms with Gasteiger partial charge in [-0.15, -0.1) is 11.6 Å². The third kappa shape index (κ3) is 13.2. The maximum absolute atomic E-state index is 10.1. The molecule has 0 saturated carbocycles. The lowest BCUT2D eigenvalue weighted by molar-refractivity contribution is 0.0697. The smallest absolute Gasteiger partial charge is 0.394 e. The first kappa shape index (κ1) is 21.0. The predicted octanol–water partition coefficient (Wildman–Crippen LogP) is -1.24. The number of nitrogens with two attached hydrogens (primary N) is 1. The van der Waals surface area contributed by atoms with Gasteiger partial charge >= 0.3 is 7.82 Å². The van der Waals surface area contributed by atoms with Crippen molar-refractivity contribution in [2.24, 2.45) is 5.73 Å². The van der Waals surface area contributed by atoms with Crippen molar-refractivity contribution in [2.75, 3.05) is 32.3 Å². The number of phosphoric ester groups is 1. The second-order valence-corrected chi connectivity index (χ2v) is 6.22. The van der Waals surface area contributed by atoms with E-state index in [1.807, 2.05) is 0 Å². The van der Waals surface area contributed by atoms with Crippen LogP contribution in [-0.4, -0.2) is 67.8 Å². The van der Waals surface area contributed by atoms with Crippen LogP contribution in [0.2, 0.25) is 0 Å². The molecule has 0 aliphatic carbocycles. The van der Waals surface area contributed by atoms with Crippen molar-refractivity contribution in [3.05, 3.63) is 0 Å². The molecule has 0 aliphatic rings. The number of alkyl halides is 2. The van der Waals surface area contributed by atoms with E-state index in [2.05, 4.69) is 20.5 Å². The van der Waals surface area contributed by atoms with Gasteiger partial charge in [-0.3, -0.25) is 4.52 Å². The van der Waals surface area contributed by atoms with E-state index in [1.54, 1.807) is 0 Å². The summed E-state index contributed by atoms with van der Waals surface area (Å²) in [5.74, 6) is 0.250. The molecule has 0 amide bonds. The number of phosphoric acid groups is 1. The van der Waals surface area contributed by atoms with Gasteiger partial charge in [0.1, 0.15) is 0 Å². The third-order valence-electron chi connectivity index (χ3n) is 1.54. The Bertz CT molecular complexity index is 242. The summed E-state index contributed by atoms with van der Waals surface area (Å²) in [6.45, 7) is -1.30. The van der Waals surface area contributed by atoms with Crippen LogP contribution in [0.1, 0.15) is 0 Å². The molecule has 1 unspecified atom stereocenters. The average Bonchev–Trinajstić information content (AvgIpc) is 2.34. The minimum atomic E-state index is -4.32. The van der Waals surface area contributed by atoms with E-state index in [0.717, 1.165) is 0 Å². The fraction of sp³-hybridized carbons (Fsp3) is 1.00. The Balaban J connectivity index is 0. The van der Waals surface area contributed by atoms with Crippen molar-refractivity contribution < 1.29 is 34.2 Å². The van der Waals surface area contributed by atoms with Gasteiger partial charge in [0, 0.05) is 5.88 Å². The zero-order valence-corrected chi connectivity index (χ0v) is 12.7. The van der Waals surface area contributed by atoms with Crippen molar-refractivity contribution >= 4 is 35.4 Å². The molecule has 1 atom stereocenters. The van der Waals surface area contributed by atoms with Gasteiger partial charge in [0.25, 0.3) is 0 Å². The van der Waals surface area contributed by atoms with Crippen molar-refractivity contribution in [1.29, 1.82) is 0 Å². The van der Waals surface area contributed by atoms with Crippen molar-refractivity contribution in [3.63, 3.8) is 0 Å². The topological polar surface area (TPSA) is 153 Å². The molecular formula is C7H18BrClNO7P. The maximum atomic E-state index is 10.1. The third-order valence-corrected chi connectivity index (χ3v) is 3.35. The Morgan fingerprint density at radius 3 is 1.83 bits per heavy atom. The van der Waals surface area contributed by atoms with Crippen LogP contribution in [0.4, 0.5) is 0 Å². The largest absolute Gasteiger partial charge is 0.469 e. The summed E-state index contributed by atoms with van der Waals surface area (Å²) in [4.78, 5) is 16.2. The molecule has 0 bridgehead atoms. The number of rotatable bonds is 7. The van der Waals surface area contributed by atoms with Crippen molar-refractivity contribution in [1.82, 2.24) is 0 Å². The molecule has 0 aliphatic heterocycles. The molecule has 0 radical (unpaired) electrons. The second kappa shape index (κ2) is 10.5. The van der Waals surface area contributed by atoms with E-state index in [0.29, 0.717) is 0 Å². The molecule has 0 spiro atoms. The van der Waals surface area contributed by atoms with Gasteiger partial charge < -0.3 is 30.8 Å². The van der Waals surface area contributed by atoms with Gasteiger partial charge in [-0.05, 0) is 0 Å². The SMILES string of the molecule is NC(CO)(CO)CO.O=P(O)(O)OCC(Br)CCl. The van der Waals surface area contributed by atoms with Crippen LogP contribution in [-0.2, 0) is 9.09 Å². The van der Waals surface area contributed by atoms with Crippen LogP contribution < -0.4 is 5.73 Å². The standard InChI is InChI=1S/C4H11NO3.C3H7BrClO4P/c5-4(1-6,2-7)3-8;4-3(1-5)2-9-10(6,7)8/h6-8H,1-3,5H2;3H,1-2H2,(H2,6,7,8). The molecule has 7 N–H and O–H groups in total. The van der Waals surface area contributed by atoms with Crippen LogP contribution in [0, 0.1) is 0 Å². The molecule has 11 heteroatoms. The van der Waals surface area contributed by atoms with E-state index in [9.17, 15) is 4.57 Å². The monoisotopic (exact) mass is 373 g/mol. The first-order valence-corrected chi connectivity index (χ1v) is 7.63. The Labute approximate surface area is 118 Å². The summed E-state index contributed by atoms with van der Waals surface area (Å²) in [7, 11) is -4.32. The summed E-state index contributed by atoms with van der Waals surface area (Å²) < 4.78 is 14.2. The number of hydrogen-bond donors (Lipinski definition) is 6. The van der Waals surface area contributed by atoms with Gasteiger partial charge in [-0.25, -0.2) is 4.57 Å². The minimum Gasteiger partial charge on any atom is -0.394 e. The quantitative estimate of drug-likeness (QED) is 0.239. The normalized spacial score (nSPS) is 13.8. The molecule has 0 heterocycles. The Hall–Kier alpha value is 0.720. The van der Waals surface area contributed by atoms with E-state index in [-0.39, 0.29) is 17.3 Å². The fourth-order valence-electron chi connectivity index (χ4n) is 0.373. The Kier molecular flexibility index (Phi) is 12.3. The summed E-state index contributed by atoms with van der Waals surface area (Å²) in [6.07, 6.45) is 0. The molecule has 0 aromatic rings. The lowest BCUT2D eigenvalue weighted by Gasteiger charge is -2.20. The summed E-state index contributed by atoms with van der Waals surface area (Å²) in [5.41, 5.74) is 3.94. The van der Waals surface area contributed by atoms with Gasteiger partial charge in [-0.2, -0.15) is 0 Å². The second-order valence-electron chi connectivity index (χ2n) is 3.37. The number of aliphatic hydroxyl groups is 3. The zero-order valence-electron chi connectivity index (χ0n) is 9.45. The van der Waals surface area contributed by atoms with Crippen LogP contribution in [0.5, 0.6) is 0 Å². The average molecular weight is 375 g/mol. The molecule has 0 saturated heterocycles. The van der Waals surface area contributed by atoms with Crippen LogP contribution >= 0.6 is 35.4 Å². The van der Waals surface area contributed by atoms with Gasteiger partial charge in [0.2, 0.25) is 0 Å². The van der Waals surface area contributed by atoms with E-state index in [4.69, 9.17) is 42.4 Å². The molecule has 0 aromatic carbocycles. The zero-order chi connectivity index (χ0) is 14.8. The van der Waals surface area contributed by atoms with Crippen LogP contribution in [0.25, 0.3) is 0 Å². The highest BCUT2D eigenvalue weighted by Gasteiger charge is 2.20. The van der Waals surface area contributed by atoms with Crippen LogP contribution in [0.3, 0.4) is 0 Å². The molecule has 112 valence electrons. The van der Waals surface area contributed by atoms with Crippen LogP contribution in [0.15, 0.2) is 0 Å². The lowest BCUT2D eigenvalue weighted by Crippen LogP contribution is -2.50. The van der Waals surface area contributed by atoms with Gasteiger partial charge in [0.15, 0.2) is 0 Å². The van der Waals surface area contributed by atoms with E-state index < -0.39 is 33.2 Å². The van der Waals surface area contributed by atoms with E-state index >= 15 is 0 Å². The predicted molar refractivity (Wildman–Crippen MR) is 69.6 cm³/mol. The first-order valence-electron chi connectivity index (χ1n) is 4.65. The lowest BCUT2D eigenvalue weighted by atomic mass is 10.1. The first-order chi connectivity index (χ1) is 8.14. The Morgan fingerprint density at radius 2 is 1.67 bits per heavy atom. The fourth-order valence-corrected chi connectivity index (χ4v) is 1.17. The number of hydrogen-bond acceptors (Lipinski definition) is 6. The summed E-state index contributed by atoms with van der Waals surface area (Å²) >= 11 is 8.33. The van der Waals surface area contributed by atoms with Crippen molar-refractivity contribution in [2.45, 2.75) is 10.4 Å². The van der Waals surface area contributed by atoms with Crippen molar-refractivity contribution in [3.8, 4) is 0 Å². The highest BCUT2D eigenvalue weighted by Crippen LogP contribution is 2.36. The highest BCUT2D eigenvalue weighted by atomic mass is 79.9. The summed E-state index contributed by atoms with van der Waals surface area (Å²) in [6, 6.07) is 0. The molecular weight excluding hydrogens is 356 g/mol. The minimum absolute atomic E-state index is 0.0895. The maximum Gasteiger partial charge on any atom is 0.469 e. The van der Waals surface area contributed by atoms with E-state index in [1.165, 1.54) is 0 Å². The molecule has 0 aromatic heterocycles. The molecule has 0 rings (SSSR count). The Morgan fingerprint density at radius 1 is 1.28 bits per heavy atom. The summed E-state index contributed by atoms with van der Waals surface area (Å²) in [5, 5.41) is 25.0. The number of halogens is 2. The molecule has 18 heavy (non-hydrogen) atoms. The molecule has 8 nitrogen and oxygen atoms in total. The van der Waals surface area contributed by atoms with Gasteiger partial charge in [0.05, 0.1) is 36.8 Å². The highest BCUT2D eigenvalue weighted by molar-refractivity contribution is 9.09. The number of aliphatic hydroxyl groups excluding tert-OH is 3. The van der Waals surface area contributed by atoms with Gasteiger partial charge in [-0.1, -0.05) is 15.9 Å².